The average Bonchev–Trinajstić information content (AvgIpc) is 2.96. The second-order valence-electron chi connectivity index (χ2n) is 8.38. The first-order valence-electron chi connectivity index (χ1n) is 9.53. The van der Waals surface area contributed by atoms with E-state index in [1.807, 2.05) is 13.2 Å². The van der Waals surface area contributed by atoms with Crippen molar-refractivity contribution in [3.05, 3.63) is 28.8 Å². The molecule has 25 heavy (non-hydrogen) atoms. The summed E-state index contributed by atoms with van der Waals surface area (Å²) in [6.45, 7) is 2.45. The smallest absolute Gasteiger partial charge is 0.252 e. The van der Waals surface area contributed by atoms with Crippen molar-refractivity contribution >= 4 is 5.91 Å². The maximum absolute atomic E-state index is 11.7. The molecule has 0 spiro atoms. The summed E-state index contributed by atoms with van der Waals surface area (Å²) >= 11 is 0. The predicted octanol–water partition coefficient (Wildman–Crippen LogP) is 3.67. The molecule has 4 heteroatoms. The van der Waals surface area contributed by atoms with Crippen LogP contribution < -0.4 is 10.5 Å². The zero-order chi connectivity index (χ0) is 17.8. The zero-order valence-corrected chi connectivity index (χ0v) is 15.5. The van der Waals surface area contributed by atoms with Crippen LogP contribution in [0.5, 0.6) is 5.75 Å². The third-order valence-corrected chi connectivity index (χ3v) is 7.51. The number of carbonyl (C=O) groups is 1. The zero-order valence-electron chi connectivity index (χ0n) is 15.5. The molecule has 0 heterocycles. The van der Waals surface area contributed by atoms with E-state index in [1.54, 1.807) is 7.11 Å². The van der Waals surface area contributed by atoms with Crippen molar-refractivity contribution in [2.24, 2.45) is 23.0 Å². The summed E-state index contributed by atoms with van der Waals surface area (Å²) in [6, 6.07) is 4.07. The van der Waals surface area contributed by atoms with E-state index in [0.29, 0.717) is 28.7 Å². The molecule has 1 aromatic carbocycles. The number of ether oxygens (including phenoxy) is 2. The second-order valence-corrected chi connectivity index (χ2v) is 8.38. The maximum Gasteiger partial charge on any atom is 0.252 e. The van der Waals surface area contributed by atoms with Gasteiger partial charge >= 0.3 is 0 Å². The highest BCUT2D eigenvalue weighted by atomic mass is 16.5. The molecular weight excluding hydrogens is 314 g/mol. The van der Waals surface area contributed by atoms with Crippen LogP contribution in [0.4, 0.5) is 0 Å². The lowest BCUT2D eigenvalue weighted by atomic mass is 9.55. The fourth-order valence-electron chi connectivity index (χ4n) is 6.30. The van der Waals surface area contributed by atoms with Crippen LogP contribution in [-0.2, 0) is 11.2 Å². The Kier molecular flexibility index (Phi) is 4.06. The summed E-state index contributed by atoms with van der Waals surface area (Å²) in [5.74, 6) is 2.26. The summed E-state index contributed by atoms with van der Waals surface area (Å²) in [5, 5.41) is 0. The Morgan fingerprint density at radius 1 is 1.20 bits per heavy atom. The van der Waals surface area contributed by atoms with Crippen LogP contribution in [0.25, 0.3) is 0 Å². The number of nitrogens with two attached hydrogens (primary N) is 1. The summed E-state index contributed by atoms with van der Waals surface area (Å²) < 4.78 is 11.3. The van der Waals surface area contributed by atoms with E-state index in [-0.39, 0.29) is 0 Å². The van der Waals surface area contributed by atoms with Crippen LogP contribution >= 0.6 is 0 Å². The topological polar surface area (TPSA) is 61.5 Å². The van der Waals surface area contributed by atoms with Gasteiger partial charge in [-0.05, 0) is 85.0 Å². The minimum Gasteiger partial charge on any atom is -0.496 e. The van der Waals surface area contributed by atoms with E-state index in [9.17, 15) is 4.79 Å². The van der Waals surface area contributed by atoms with Crippen molar-refractivity contribution < 1.29 is 14.3 Å². The van der Waals surface area contributed by atoms with Crippen molar-refractivity contribution in [2.75, 3.05) is 14.2 Å². The highest BCUT2D eigenvalue weighted by Crippen LogP contribution is 2.61. The van der Waals surface area contributed by atoms with E-state index >= 15 is 0 Å². The number of primary amides is 1. The molecule has 0 unspecified atom stereocenters. The number of amides is 1. The molecule has 3 aliphatic carbocycles. The second kappa shape index (κ2) is 6.01. The molecule has 3 aliphatic rings. The van der Waals surface area contributed by atoms with Gasteiger partial charge in [0.15, 0.2) is 0 Å². The highest BCUT2D eigenvalue weighted by Gasteiger charge is 2.55. The number of hydrogen-bond donors (Lipinski definition) is 1. The molecule has 1 amide bonds. The molecule has 2 N–H and O–H groups in total. The first-order valence-corrected chi connectivity index (χ1v) is 9.53. The van der Waals surface area contributed by atoms with Gasteiger partial charge in [-0.3, -0.25) is 4.79 Å². The van der Waals surface area contributed by atoms with Gasteiger partial charge in [0.2, 0.25) is 0 Å². The Bertz CT molecular complexity index is 701. The van der Waals surface area contributed by atoms with Crippen molar-refractivity contribution in [3.8, 4) is 5.75 Å². The Hall–Kier alpha value is -1.55. The van der Waals surface area contributed by atoms with E-state index in [2.05, 4.69) is 13.0 Å². The molecule has 0 radical (unpaired) electrons. The number of hydrogen-bond acceptors (Lipinski definition) is 3. The van der Waals surface area contributed by atoms with Crippen molar-refractivity contribution in [1.82, 2.24) is 0 Å². The summed E-state index contributed by atoms with van der Waals surface area (Å²) in [6.07, 6.45) is 7.54. The molecule has 2 saturated carbocycles. The number of aryl methyl sites for hydroxylation is 1. The normalized spacial score (nSPS) is 36.3. The van der Waals surface area contributed by atoms with Crippen LogP contribution in [-0.4, -0.2) is 26.2 Å². The lowest BCUT2D eigenvalue weighted by Crippen LogP contribution is -2.44. The van der Waals surface area contributed by atoms with E-state index < -0.39 is 5.91 Å². The Morgan fingerprint density at radius 3 is 2.68 bits per heavy atom. The SMILES string of the molecule is COc1cc2c(cc1C(N)=O)CC[C@@H]1[C@@H]2CC[C@]2(C)[C@@H](OC)CC[C@@H]12. The highest BCUT2D eigenvalue weighted by molar-refractivity contribution is 5.96. The van der Waals surface area contributed by atoms with Gasteiger partial charge in [-0.1, -0.05) is 6.92 Å². The molecule has 4 nitrogen and oxygen atoms in total. The third-order valence-electron chi connectivity index (χ3n) is 7.51. The predicted molar refractivity (Wildman–Crippen MR) is 96.9 cm³/mol. The number of carbonyl (C=O) groups excluding carboxylic acids is 1. The molecular formula is C21H29NO3. The van der Waals surface area contributed by atoms with E-state index in [1.165, 1.54) is 43.2 Å². The molecule has 0 aromatic heterocycles. The van der Waals surface area contributed by atoms with Gasteiger partial charge in [-0.15, -0.1) is 0 Å². The van der Waals surface area contributed by atoms with E-state index in [0.717, 1.165) is 18.3 Å². The van der Waals surface area contributed by atoms with E-state index in [4.69, 9.17) is 15.2 Å². The van der Waals surface area contributed by atoms with Crippen molar-refractivity contribution in [3.63, 3.8) is 0 Å². The van der Waals surface area contributed by atoms with Crippen LogP contribution in [0.3, 0.4) is 0 Å². The molecule has 5 atom stereocenters. The van der Waals surface area contributed by atoms with Gasteiger partial charge in [-0.25, -0.2) is 0 Å². The molecule has 4 rings (SSSR count). The van der Waals surface area contributed by atoms with Crippen LogP contribution in [0.1, 0.15) is 66.4 Å². The summed E-state index contributed by atoms with van der Waals surface area (Å²) in [5.41, 5.74) is 9.06. The lowest BCUT2D eigenvalue weighted by Gasteiger charge is -2.50. The van der Waals surface area contributed by atoms with Gasteiger partial charge in [-0.2, -0.15) is 0 Å². The Balaban J connectivity index is 1.71. The summed E-state index contributed by atoms with van der Waals surface area (Å²) in [4.78, 5) is 11.7. The average molecular weight is 343 g/mol. The van der Waals surface area contributed by atoms with Gasteiger partial charge in [0, 0.05) is 7.11 Å². The Morgan fingerprint density at radius 2 is 2.00 bits per heavy atom. The minimum atomic E-state index is -0.406. The fraction of sp³-hybridized carbons (Fsp3) is 0.667. The van der Waals surface area contributed by atoms with Crippen LogP contribution in [0, 0.1) is 17.3 Å². The standard InChI is InChI=1S/C21H29NO3/c1-21-9-8-13-14(17(21)6-7-19(21)25-3)5-4-12-10-16(20(22)23)18(24-2)11-15(12)13/h10-11,13-14,17,19H,4-9H2,1-3H3,(H2,22,23)/t13-,14+,17-,19-,21-/m0/s1. The first-order chi connectivity index (χ1) is 12.0. The maximum atomic E-state index is 11.7. The first kappa shape index (κ1) is 16.9. The van der Waals surface area contributed by atoms with Gasteiger partial charge < -0.3 is 15.2 Å². The molecule has 2 fully saturated rings. The largest absolute Gasteiger partial charge is 0.496 e. The molecule has 1 aromatic rings. The third kappa shape index (κ3) is 2.41. The van der Waals surface area contributed by atoms with Gasteiger partial charge in [0.05, 0.1) is 18.8 Å². The van der Waals surface area contributed by atoms with Crippen molar-refractivity contribution in [2.45, 2.75) is 57.5 Å². The van der Waals surface area contributed by atoms with Crippen molar-refractivity contribution in [1.29, 1.82) is 0 Å². The Labute approximate surface area is 150 Å². The molecule has 0 saturated heterocycles. The van der Waals surface area contributed by atoms with Crippen LogP contribution in [0.2, 0.25) is 0 Å². The minimum absolute atomic E-state index is 0.324. The van der Waals surface area contributed by atoms with Crippen LogP contribution in [0.15, 0.2) is 12.1 Å². The number of methoxy groups -OCH3 is 2. The van der Waals surface area contributed by atoms with Gasteiger partial charge in [0.25, 0.3) is 5.91 Å². The van der Waals surface area contributed by atoms with Gasteiger partial charge in [0.1, 0.15) is 5.75 Å². The quantitative estimate of drug-likeness (QED) is 0.911. The number of fused-ring (bicyclic) bond motifs is 5. The fourth-order valence-corrected chi connectivity index (χ4v) is 6.30. The molecule has 136 valence electrons. The summed E-state index contributed by atoms with van der Waals surface area (Å²) in [7, 11) is 3.49. The molecule has 0 aliphatic heterocycles. The number of rotatable bonds is 3. The number of benzene rings is 1. The lowest BCUT2D eigenvalue weighted by molar-refractivity contribution is -0.0444. The monoisotopic (exact) mass is 343 g/mol. The molecule has 0 bridgehead atoms.